The van der Waals surface area contributed by atoms with Crippen molar-refractivity contribution in [1.29, 1.82) is 0 Å². The average molecular weight is 346 g/mol. The van der Waals surface area contributed by atoms with E-state index in [2.05, 4.69) is 10.6 Å². The van der Waals surface area contributed by atoms with Crippen LogP contribution in [0.1, 0.15) is 22.7 Å². The molecule has 0 aromatic heterocycles. The summed E-state index contributed by atoms with van der Waals surface area (Å²) in [5.74, 6) is -0.159. The fourth-order valence-corrected chi connectivity index (χ4v) is 3.09. The van der Waals surface area contributed by atoms with E-state index in [0.717, 1.165) is 16.7 Å². The van der Waals surface area contributed by atoms with Gasteiger partial charge in [-0.25, -0.2) is 8.42 Å². The number of rotatable bonds is 6. The quantitative estimate of drug-likeness (QED) is 0.837. The fourth-order valence-electron chi connectivity index (χ4n) is 2.42. The van der Waals surface area contributed by atoms with Gasteiger partial charge in [-0.05, 0) is 37.2 Å². The first-order chi connectivity index (χ1) is 11.3. The Morgan fingerprint density at radius 2 is 1.75 bits per heavy atom. The summed E-state index contributed by atoms with van der Waals surface area (Å²) in [7, 11) is -1.61. The number of carbonyl (C=O) groups is 1. The van der Waals surface area contributed by atoms with E-state index in [4.69, 9.17) is 0 Å². The Kier molecular flexibility index (Phi) is 5.75. The number of benzene rings is 2. The van der Waals surface area contributed by atoms with Crippen molar-refractivity contribution in [2.45, 2.75) is 17.9 Å². The SMILES string of the molecule is CNCC(=O)NC(c1ccc(C)cc1)c1cccc(S(C)(=O)=O)c1. The van der Waals surface area contributed by atoms with Crippen LogP contribution in [0.3, 0.4) is 0 Å². The Morgan fingerprint density at radius 3 is 2.33 bits per heavy atom. The van der Waals surface area contributed by atoms with Gasteiger partial charge in [0.25, 0.3) is 0 Å². The number of nitrogens with one attached hydrogen (secondary N) is 2. The van der Waals surface area contributed by atoms with Gasteiger partial charge in [-0.1, -0.05) is 42.0 Å². The number of hydrogen-bond acceptors (Lipinski definition) is 4. The maximum absolute atomic E-state index is 12.1. The molecule has 0 saturated heterocycles. The molecule has 0 aliphatic rings. The summed E-state index contributed by atoms with van der Waals surface area (Å²) < 4.78 is 23.6. The van der Waals surface area contributed by atoms with Crippen molar-refractivity contribution in [2.24, 2.45) is 0 Å². The molecule has 0 saturated carbocycles. The molecular weight excluding hydrogens is 324 g/mol. The van der Waals surface area contributed by atoms with Crippen molar-refractivity contribution in [3.8, 4) is 0 Å². The van der Waals surface area contributed by atoms with Crippen LogP contribution in [0.15, 0.2) is 53.4 Å². The highest BCUT2D eigenvalue weighted by Crippen LogP contribution is 2.24. The third kappa shape index (κ3) is 4.66. The van der Waals surface area contributed by atoms with E-state index in [-0.39, 0.29) is 17.3 Å². The van der Waals surface area contributed by atoms with Gasteiger partial charge in [-0.3, -0.25) is 4.79 Å². The lowest BCUT2D eigenvalue weighted by Crippen LogP contribution is -2.35. The van der Waals surface area contributed by atoms with E-state index in [1.54, 1.807) is 25.2 Å². The molecule has 2 aromatic rings. The van der Waals surface area contributed by atoms with Gasteiger partial charge in [0.15, 0.2) is 9.84 Å². The third-order valence-corrected chi connectivity index (χ3v) is 4.78. The summed E-state index contributed by atoms with van der Waals surface area (Å²) in [6.07, 6.45) is 1.17. The van der Waals surface area contributed by atoms with Crippen LogP contribution in [0.4, 0.5) is 0 Å². The molecule has 2 aromatic carbocycles. The predicted octanol–water partition coefficient (Wildman–Crippen LogP) is 1.82. The van der Waals surface area contributed by atoms with Crippen molar-refractivity contribution >= 4 is 15.7 Å². The maximum Gasteiger partial charge on any atom is 0.234 e. The highest BCUT2D eigenvalue weighted by molar-refractivity contribution is 7.90. The van der Waals surface area contributed by atoms with Crippen LogP contribution in [0.2, 0.25) is 0 Å². The van der Waals surface area contributed by atoms with Gasteiger partial charge in [0.1, 0.15) is 0 Å². The van der Waals surface area contributed by atoms with Crippen molar-refractivity contribution in [1.82, 2.24) is 10.6 Å². The molecule has 2 rings (SSSR count). The fraction of sp³-hybridized carbons (Fsp3) is 0.278. The standard InChI is InChI=1S/C18H22N2O3S/c1-13-7-9-14(10-8-13)18(20-17(21)12-19-2)15-5-4-6-16(11-15)24(3,22)23/h4-11,18-19H,12H2,1-3H3,(H,20,21). The molecule has 5 nitrogen and oxygen atoms in total. The van der Waals surface area contributed by atoms with Crippen LogP contribution in [0.25, 0.3) is 0 Å². The van der Waals surface area contributed by atoms with Gasteiger partial charge in [0, 0.05) is 6.26 Å². The van der Waals surface area contributed by atoms with Crippen LogP contribution in [-0.4, -0.2) is 34.2 Å². The molecule has 0 aliphatic heterocycles. The minimum absolute atomic E-state index is 0.159. The number of amides is 1. The van der Waals surface area contributed by atoms with Crippen LogP contribution in [0, 0.1) is 6.92 Å². The minimum atomic E-state index is -3.31. The largest absolute Gasteiger partial charge is 0.344 e. The number of carbonyl (C=O) groups excluding carboxylic acids is 1. The van der Waals surface area contributed by atoms with E-state index >= 15 is 0 Å². The summed E-state index contributed by atoms with van der Waals surface area (Å²) in [6.45, 7) is 2.18. The normalized spacial score (nSPS) is 12.6. The number of aryl methyl sites for hydroxylation is 1. The second-order valence-corrected chi connectivity index (χ2v) is 7.80. The van der Waals surface area contributed by atoms with Crippen molar-refractivity contribution < 1.29 is 13.2 Å². The molecule has 0 heterocycles. The number of likely N-dealkylation sites (N-methyl/N-ethyl adjacent to an activating group) is 1. The Hall–Kier alpha value is -2.18. The average Bonchev–Trinajstić information content (AvgIpc) is 2.53. The van der Waals surface area contributed by atoms with Crippen molar-refractivity contribution in [3.05, 3.63) is 65.2 Å². The zero-order chi connectivity index (χ0) is 17.7. The van der Waals surface area contributed by atoms with Gasteiger partial charge in [0.2, 0.25) is 5.91 Å². The topological polar surface area (TPSA) is 75.3 Å². The molecule has 128 valence electrons. The number of hydrogen-bond donors (Lipinski definition) is 2. The summed E-state index contributed by atoms with van der Waals surface area (Å²) >= 11 is 0. The highest BCUT2D eigenvalue weighted by atomic mass is 32.2. The maximum atomic E-state index is 12.1. The van der Waals surface area contributed by atoms with E-state index in [1.807, 2.05) is 37.3 Å². The molecule has 24 heavy (non-hydrogen) atoms. The Bertz CT molecular complexity index is 814. The van der Waals surface area contributed by atoms with E-state index in [0.29, 0.717) is 0 Å². The molecule has 1 amide bonds. The van der Waals surface area contributed by atoms with Gasteiger partial charge in [-0.2, -0.15) is 0 Å². The Morgan fingerprint density at radius 1 is 1.08 bits per heavy atom. The lowest BCUT2D eigenvalue weighted by atomic mass is 9.97. The molecule has 1 unspecified atom stereocenters. The molecule has 0 spiro atoms. The van der Waals surface area contributed by atoms with E-state index < -0.39 is 15.9 Å². The van der Waals surface area contributed by atoms with Crippen LogP contribution < -0.4 is 10.6 Å². The van der Waals surface area contributed by atoms with Crippen LogP contribution in [-0.2, 0) is 14.6 Å². The van der Waals surface area contributed by atoms with Crippen molar-refractivity contribution in [3.63, 3.8) is 0 Å². The summed E-state index contributed by atoms with van der Waals surface area (Å²) in [5.41, 5.74) is 2.74. The van der Waals surface area contributed by atoms with E-state index in [9.17, 15) is 13.2 Å². The second-order valence-electron chi connectivity index (χ2n) is 5.79. The first-order valence-corrected chi connectivity index (χ1v) is 9.51. The summed E-state index contributed by atoms with van der Waals surface area (Å²) in [5, 5.41) is 5.76. The third-order valence-electron chi connectivity index (χ3n) is 3.67. The monoisotopic (exact) mass is 346 g/mol. The Labute approximate surface area is 143 Å². The second kappa shape index (κ2) is 7.59. The smallest absolute Gasteiger partial charge is 0.234 e. The number of sulfone groups is 1. The van der Waals surface area contributed by atoms with Crippen molar-refractivity contribution in [2.75, 3.05) is 19.8 Å². The minimum Gasteiger partial charge on any atom is -0.344 e. The summed E-state index contributed by atoms with van der Waals surface area (Å²) in [6, 6.07) is 14.1. The summed E-state index contributed by atoms with van der Waals surface area (Å²) in [4.78, 5) is 12.3. The molecular formula is C18H22N2O3S. The first kappa shape index (κ1) is 18.2. The predicted molar refractivity (Wildman–Crippen MR) is 94.6 cm³/mol. The molecule has 2 N–H and O–H groups in total. The zero-order valence-electron chi connectivity index (χ0n) is 14.0. The van der Waals surface area contributed by atoms with Gasteiger partial charge < -0.3 is 10.6 Å². The lowest BCUT2D eigenvalue weighted by molar-refractivity contribution is -0.120. The highest BCUT2D eigenvalue weighted by Gasteiger charge is 2.18. The van der Waals surface area contributed by atoms with Gasteiger partial charge >= 0.3 is 0 Å². The lowest BCUT2D eigenvalue weighted by Gasteiger charge is -2.20. The van der Waals surface area contributed by atoms with Gasteiger partial charge in [0.05, 0.1) is 17.5 Å². The Balaban J connectivity index is 2.45. The first-order valence-electron chi connectivity index (χ1n) is 7.62. The van der Waals surface area contributed by atoms with Crippen LogP contribution >= 0.6 is 0 Å². The molecule has 0 bridgehead atoms. The van der Waals surface area contributed by atoms with E-state index in [1.165, 1.54) is 6.26 Å². The molecule has 0 aliphatic carbocycles. The molecule has 0 radical (unpaired) electrons. The molecule has 6 heteroatoms. The molecule has 1 atom stereocenters. The van der Waals surface area contributed by atoms with Crippen LogP contribution in [0.5, 0.6) is 0 Å². The zero-order valence-corrected chi connectivity index (χ0v) is 14.9. The molecule has 0 fully saturated rings. The van der Waals surface area contributed by atoms with Gasteiger partial charge in [-0.15, -0.1) is 0 Å².